The van der Waals surface area contributed by atoms with E-state index in [0.717, 1.165) is 19.3 Å². The normalized spacial score (nSPS) is 32.3. The molecule has 27 heavy (non-hydrogen) atoms. The zero-order valence-corrected chi connectivity index (χ0v) is 18.4. The number of aliphatic hydroxyl groups is 2. The zero-order valence-electron chi connectivity index (χ0n) is 16.4. The molecule has 1 unspecified atom stereocenters. The molecule has 0 aromatic heterocycles. The van der Waals surface area contributed by atoms with Crippen LogP contribution in [0.25, 0.3) is 0 Å². The number of halogens is 1. The van der Waals surface area contributed by atoms with Crippen molar-refractivity contribution in [1.82, 2.24) is 0 Å². The smallest absolute Gasteiger partial charge is 0.550 e. The van der Waals surface area contributed by atoms with Gasteiger partial charge in [-0.1, -0.05) is 38.3 Å². The second-order valence-electron chi connectivity index (χ2n) is 7.33. The van der Waals surface area contributed by atoms with Crippen molar-refractivity contribution in [2.75, 3.05) is 0 Å². The van der Waals surface area contributed by atoms with Gasteiger partial charge in [-0.15, -0.1) is 0 Å². The summed E-state index contributed by atoms with van der Waals surface area (Å²) in [5.41, 5.74) is 0. The van der Waals surface area contributed by atoms with Gasteiger partial charge in [0.15, 0.2) is 6.17 Å². The van der Waals surface area contributed by atoms with E-state index in [1.807, 2.05) is 0 Å². The Morgan fingerprint density at radius 3 is 2.81 bits per heavy atom. The number of alkyl halides is 1. The van der Waals surface area contributed by atoms with Gasteiger partial charge in [-0.05, 0) is 31.8 Å². The number of rotatable bonds is 10. The summed E-state index contributed by atoms with van der Waals surface area (Å²) in [6.07, 6.45) is 6.93. The number of carbonyl (C=O) groups is 1. The first kappa shape index (κ1) is 24.6. The summed E-state index contributed by atoms with van der Waals surface area (Å²) < 4.78 is 20.5. The number of carboxylic acids is 1. The van der Waals surface area contributed by atoms with E-state index in [4.69, 9.17) is 4.74 Å². The van der Waals surface area contributed by atoms with E-state index < -0.39 is 30.3 Å². The van der Waals surface area contributed by atoms with Crippen LogP contribution in [-0.4, -0.2) is 40.7 Å². The molecule has 0 radical (unpaired) electrons. The van der Waals surface area contributed by atoms with E-state index in [9.17, 15) is 24.5 Å². The second kappa shape index (κ2) is 12.2. The van der Waals surface area contributed by atoms with Crippen LogP contribution in [0.3, 0.4) is 0 Å². The zero-order chi connectivity index (χ0) is 19.1. The van der Waals surface area contributed by atoms with Crippen molar-refractivity contribution in [2.24, 2.45) is 11.8 Å². The minimum absolute atomic E-state index is 0. The topological polar surface area (TPSA) is 89.8 Å². The summed E-state index contributed by atoms with van der Waals surface area (Å²) in [5, 5.41) is 30.7. The summed E-state index contributed by atoms with van der Waals surface area (Å²) in [6.45, 7) is 2.10. The molecule has 2 N–H and O–H groups in total. The van der Waals surface area contributed by atoms with E-state index >= 15 is 0 Å². The van der Waals surface area contributed by atoms with Crippen molar-refractivity contribution in [3.05, 3.63) is 24.0 Å². The minimum atomic E-state index is -1.31. The molecule has 148 valence electrons. The van der Waals surface area contributed by atoms with Crippen molar-refractivity contribution in [2.45, 2.75) is 82.8 Å². The van der Waals surface area contributed by atoms with Crippen LogP contribution < -0.4 is 34.7 Å². The van der Waals surface area contributed by atoms with E-state index in [0.29, 0.717) is 25.7 Å². The summed E-state index contributed by atoms with van der Waals surface area (Å²) >= 11 is 0. The van der Waals surface area contributed by atoms with Crippen molar-refractivity contribution in [1.29, 1.82) is 0 Å². The number of hydrogen-bond acceptors (Lipinski definition) is 5. The van der Waals surface area contributed by atoms with Gasteiger partial charge < -0.3 is 24.9 Å². The fourth-order valence-corrected chi connectivity index (χ4v) is 3.86. The minimum Gasteiger partial charge on any atom is -0.550 e. The molecule has 1 heterocycles. The Kier molecular flexibility index (Phi) is 11.2. The Hall–Kier alpha value is -0.400. The summed E-state index contributed by atoms with van der Waals surface area (Å²) in [7, 11) is 0. The van der Waals surface area contributed by atoms with Crippen LogP contribution >= 0.6 is 0 Å². The Labute approximate surface area is 183 Å². The molecule has 6 atom stereocenters. The van der Waals surface area contributed by atoms with Gasteiger partial charge in [0.1, 0.15) is 11.9 Å². The van der Waals surface area contributed by atoms with Crippen LogP contribution in [0.4, 0.5) is 4.39 Å². The number of carboxylic acid groups (broad SMARTS) is 1. The summed E-state index contributed by atoms with van der Waals surface area (Å²) in [6, 6.07) is 0. The molecule has 2 fully saturated rings. The Balaban J connectivity index is 0.00000364. The Morgan fingerprint density at radius 2 is 2.15 bits per heavy atom. The first-order chi connectivity index (χ1) is 12.4. The number of fused-ring (bicyclic) bond motifs is 1. The third-order valence-corrected chi connectivity index (χ3v) is 5.28. The Bertz CT molecular complexity index is 525. The van der Waals surface area contributed by atoms with Crippen LogP contribution in [0.1, 0.15) is 58.3 Å². The molecule has 1 aliphatic heterocycles. The predicted molar refractivity (Wildman–Crippen MR) is 93.6 cm³/mol. The van der Waals surface area contributed by atoms with E-state index in [1.165, 1.54) is 0 Å². The largest absolute Gasteiger partial charge is 1.00 e. The van der Waals surface area contributed by atoms with E-state index in [2.05, 4.69) is 6.92 Å². The maximum absolute atomic E-state index is 14.8. The van der Waals surface area contributed by atoms with Gasteiger partial charge in [0.05, 0.1) is 12.2 Å². The van der Waals surface area contributed by atoms with Crippen LogP contribution in [0.15, 0.2) is 24.0 Å². The molecule has 1 aliphatic carbocycles. The fraction of sp³-hybridized carbons (Fsp3) is 0.750. The molecular formula is C20H30FNaO5. The molecule has 2 aliphatic rings. The molecule has 0 bridgehead atoms. The second-order valence-corrected chi connectivity index (χ2v) is 7.33. The maximum Gasteiger partial charge on any atom is 1.00 e. The van der Waals surface area contributed by atoms with Crippen molar-refractivity contribution >= 4 is 5.97 Å². The monoisotopic (exact) mass is 392 g/mol. The number of aliphatic carboxylic acids is 1. The van der Waals surface area contributed by atoms with Gasteiger partial charge in [0, 0.05) is 24.2 Å². The average molecular weight is 392 g/mol. The van der Waals surface area contributed by atoms with Crippen LogP contribution in [0, 0.1) is 11.8 Å². The van der Waals surface area contributed by atoms with Crippen LogP contribution in [-0.2, 0) is 9.53 Å². The van der Waals surface area contributed by atoms with Gasteiger partial charge in [0.25, 0.3) is 0 Å². The van der Waals surface area contributed by atoms with Crippen molar-refractivity contribution in [3.8, 4) is 0 Å². The number of allylic oxidation sites excluding steroid dienone is 2. The molecule has 7 heteroatoms. The van der Waals surface area contributed by atoms with Gasteiger partial charge in [-0.25, -0.2) is 4.39 Å². The first-order valence-electron chi connectivity index (χ1n) is 9.69. The molecule has 2 rings (SSSR count). The average Bonchev–Trinajstić information content (AvgIpc) is 3.05. The maximum atomic E-state index is 14.8. The van der Waals surface area contributed by atoms with E-state index in [1.54, 1.807) is 18.2 Å². The number of unbranched alkanes of at least 4 members (excludes halogenated alkanes) is 3. The number of hydrogen-bond donors (Lipinski definition) is 2. The van der Waals surface area contributed by atoms with Gasteiger partial charge >= 0.3 is 29.6 Å². The fourth-order valence-electron chi connectivity index (χ4n) is 3.86. The summed E-state index contributed by atoms with van der Waals surface area (Å²) in [4.78, 5) is 10.4. The molecule has 1 saturated carbocycles. The summed E-state index contributed by atoms with van der Waals surface area (Å²) in [5.74, 6) is -1.72. The molecule has 0 aromatic rings. The quantitative estimate of drug-likeness (QED) is 0.284. The Morgan fingerprint density at radius 1 is 1.41 bits per heavy atom. The molecule has 0 aromatic carbocycles. The number of carbonyl (C=O) groups excluding carboxylic acids is 1. The van der Waals surface area contributed by atoms with Gasteiger partial charge in [-0.3, -0.25) is 0 Å². The van der Waals surface area contributed by atoms with Crippen LogP contribution in [0.5, 0.6) is 0 Å². The predicted octanol–water partition coefficient (Wildman–Crippen LogP) is -0.974. The van der Waals surface area contributed by atoms with Gasteiger partial charge in [-0.2, -0.15) is 0 Å². The molecule has 0 spiro atoms. The standard InChI is InChI=1S/C20H31FO5.Na/c1-2-3-4-7-13(22)10-11-14-15(23)12-17-19(14)20(21)16(26-17)8-5-6-9-18(24)25;/h8,10-11,13-15,17,19-20,22-23H,2-7,9,12H2,1H3,(H,24,25);/q;+1/p-1/b11-10+,16-8-;/t13-,14-,15+,17-,19+,20?;/m0./s1. The molecule has 1 saturated heterocycles. The SMILES string of the molecule is CCCCC[C@H](O)/C=C/[C@@H]1[C@H]2C(F)/C(=C/CCCC(=O)[O-])O[C@H]2C[C@H]1O.[Na+]. The van der Waals surface area contributed by atoms with Gasteiger partial charge in [0.2, 0.25) is 0 Å². The van der Waals surface area contributed by atoms with Crippen molar-refractivity contribution in [3.63, 3.8) is 0 Å². The van der Waals surface area contributed by atoms with E-state index in [-0.39, 0.29) is 53.8 Å². The molecular weight excluding hydrogens is 362 g/mol. The van der Waals surface area contributed by atoms with Crippen LogP contribution in [0.2, 0.25) is 0 Å². The molecule has 5 nitrogen and oxygen atoms in total. The third-order valence-electron chi connectivity index (χ3n) is 5.28. The first-order valence-corrected chi connectivity index (χ1v) is 9.69. The number of aliphatic hydroxyl groups excluding tert-OH is 2. The third kappa shape index (κ3) is 7.17. The van der Waals surface area contributed by atoms with Crippen molar-refractivity contribution < 1.29 is 58.8 Å². The molecule has 0 amide bonds. The number of ether oxygens (including phenoxy) is 1.